The number of hydrogen-bond acceptors (Lipinski definition) is 6. The summed E-state index contributed by atoms with van der Waals surface area (Å²) >= 11 is 0. The van der Waals surface area contributed by atoms with Gasteiger partial charge in [-0.25, -0.2) is 4.57 Å². The molecule has 0 aliphatic heterocycles. The molecule has 8 nitrogen and oxygen atoms in total. The number of allylic oxidation sites excluding steroid dienone is 2. The van der Waals surface area contributed by atoms with Crippen LogP contribution in [0.3, 0.4) is 0 Å². The summed E-state index contributed by atoms with van der Waals surface area (Å²) in [6.07, 6.45) is 36.4. The van der Waals surface area contributed by atoms with E-state index in [9.17, 15) is 14.2 Å². The van der Waals surface area contributed by atoms with Crippen LogP contribution in [0.4, 0.5) is 0 Å². The predicted molar refractivity (Wildman–Crippen MR) is 193 cm³/mol. The van der Waals surface area contributed by atoms with Gasteiger partial charge in [-0.1, -0.05) is 161 Å². The van der Waals surface area contributed by atoms with E-state index >= 15 is 0 Å². The van der Waals surface area contributed by atoms with Crippen LogP contribution in [0.25, 0.3) is 0 Å². The highest BCUT2D eigenvalue weighted by Gasteiger charge is 2.22. The molecular formula is C38H73O8P. The Morgan fingerprint density at radius 2 is 0.894 bits per heavy atom. The summed E-state index contributed by atoms with van der Waals surface area (Å²) in [7, 11) is -4.74. The predicted octanol–water partition coefficient (Wildman–Crippen LogP) is 11.5. The number of rotatable bonds is 36. The minimum absolute atomic E-state index is 0.211. The molecule has 0 radical (unpaired) electrons. The third-order valence-electron chi connectivity index (χ3n) is 8.53. The molecule has 2 N–H and O–H groups in total. The number of carbonyl (C=O) groups is 2. The average molecular weight is 689 g/mol. The smallest absolute Gasteiger partial charge is 0.462 e. The van der Waals surface area contributed by atoms with Crippen molar-refractivity contribution in [2.45, 2.75) is 206 Å². The van der Waals surface area contributed by atoms with E-state index in [0.29, 0.717) is 6.42 Å². The van der Waals surface area contributed by atoms with E-state index in [0.717, 1.165) is 44.9 Å². The normalized spacial score (nSPS) is 12.5. The molecule has 47 heavy (non-hydrogen) atoms. The molecular weight excluding hydrogens is 615 g/mol. The number of ether oxygens (including phenoxy) is 2. The van der Waals surface area contributed by atoms with E-state index in [-0.39, 0.29) is 19.4 Å². The summed E-state index contributed by atoms with van der Waals surface area (Å²) in [5.41, 5.74) is 0. The van der Waals surface area contributed by atoms with Gasteiger partial charge >= 0.3 is 19.8 Å². The Labute approximate surface area is 288 Å². The average Bonchev–Trinajstić information content (AvgIpc) is 3.04. The van der Waals surface area contributed by atoms with E-state index in [4.69, 9.17) is 19.3 Å². The molecule has 0 saturated heterocycles. The fourth-order valence-corrected chi connectivity index (χ4v) is 5.96. The van der Waals surface area contributed by atoms with E-state index in [1.807, 2.05) is 0 Å². The first-order valence-electron chi connectivity index (χ1n) is 19.5. The molecule has 0 aromatic carbocycles. The second-order valence-electron chi connectivity index (χ2n) is 13.3. The maximum Gasteiger partial charge on any atom is 0.469 e. The van der Waals surface area contributed by atoms with Crippen LogP contribution in [0.1, 0.15) is 200 Å². The standard InChI is InChI=1S/C38H73O8P/c1-3-5-7-9-11-13-15-17-18-19-20-21-23-25-27-29-31-33-38(40)46-36(35-45-47(41,42)43)34-44-37(39)32-30-28-26-24-22-16-14-12-10-8-6-4-2/h17-18,36H,3-16,19-35H2,1-2H3,(H2,41,42,43)/b18-17-/t36-/m1/s1. The molecule has 0 bridgehead atoms. The molecule has 0 fully saturated rings. The molecule has 0 rings (SSSR count). The zero-order valence-electron chi connectivity index (χ0n) is 30.4. The zero-order chi connectivity index (χ0) is 34.7. The van der Waals surface area contributed by atoms with Crippen molar-refractivity contribution in [2.75, 3.05) is 13.2 Å². The fraction of sp³-hybridized carbons (Fsp3) is 0.895. The number of esters is 2. The SMILES string of the molecule is CCCCCCCC/C=C\CCCCCCCCCC(=O)O[C@H](COC(=O)CCCCCCCCCCCCCC)COP(=O)(O)O. The maximum atomic E-state index is 12.4. The van der Waals surface area contributed by atoms with Gasteiger partial charge in [0, 0.05) is 12.8 Å². The van der Waals surface area contributed by atoms with Crippen molar-refractivity contribution in [1.29, 1.82) is 0 Å². The topological polar surface area (TPSA) is 119 Å². The second kappa shape index (κ2) is 34.6. The Bertz CT molecular complexity index is 782. The Morgan fingerprint density at radius 1 is 0.532 bits per heavy atom. The van der Waals surface area contributed by atoms with E-state index < -0.39 is 32.5 Å². The Morgan fingerprint density at radius 3 is 1.30 bits per heavy atom. The summed E-state index contributed by atoms with van der Waals surface area (Å²) in [5.74, 6) is -0.882. The lowest BCUT2D eigenvalue weighted by atomic mass is 10.0. The quantitative estimate of drug-likeness (QED) is 0.0289. The highest BCUT2D eigenvalue weighted by Crippen LogP contribution is 2.36. The largest absolute Gasteiger partial charge is 0.469 e. The van der Waals surface area contributed by atoms with Gasteiger partial charge in [0.15, 0.2) is 6.10 Å². The van der Waals surface area contributed by atoms with Gasteiger partial charge in [-0.3, -0.25) is 14.1 Å². The van der Waals surface area contributed by atoms with Gasteiger partial charge in [-0.15, -0.1) is 0 Å². The zero-order valence-corrected chi connectivity index (χ0v) is 31.3. The van der Waals surface area contributed by atoms with Crippen LogP contribution in [0.5, 0.6) is 0 Å². The molecule has 0 aromatic heterocycles. The van der Waals surface area contributed by atoms with E-state index in [1.54, 1.807) is 0 Å². The third kappa shape index (κ3) is 37.5. The molecule has 0 aliphatic rings. The first-order chi connectivity index (χ1) is 22.8. The number of unbranched alkanes of at least 4 members (excludes halogenated alkanes) is 24. The summed E-state index contributed by atoms with van der Waals surface area (Å²) in [5, 5.41) is 0. The Kier molecular flexibility index (Phi) is 33.8. The van der Waals surface area contributed by atoms with Crippen molar-refractivity contribution in [3.8, 4) is 0 Å². The van der Waals surface area contributed by atoms with Crippen LogP contribution < -0.4 is 0 Å². The molecule has 0 amide bonds. The number of phosphoric acid groups is 1. The van der Waals surface area contributed by atoms with Crippen molar-refractivity contribution in [1.82, 2.24) is 0 Å². The minimum Gasteiger partial charge on any atom is -0.462 e. The summed E-state index contributed by atoms with van der Waals surface area (Å²) < 4.78 is 26.3. The van der Waals surface area contributed by atoms with Gasteiger partial charge in [0.1, 0.15) is 6.61 Å². The minimum atomic E-state index is -4.74. The van der Waals surface area contributed by atoms with Crippen molar-refractivity contribution in [3.05, 3.63) is 12.2 Å². The maximum absolute atomic E-state index is 12.4. The lowest BCUT2D eigenvalue weighted by molar-refractivity contribution is -0.161. The van der Waals surface area contributed by atoms with Crippen LogP contribution in [-0.4, -0.2) is 41.0 Å². The Balaban J connectivity index is 3.92. The summed E-state index contributed by atoms with van der Waals surface area (Å²) in [6, 6.07) is 0. The molecule has 9 heteroatoms. The van der Waals surface area contributed by atoms with Crippen LogP contribution in [0, 0.1) is 0 Å². The highest BCUT2D eigenvalue weighted by molar-refractivity contribution is 7.46. The van der Waals surface area contributed by atoms with Crippen molar-refractivity contribution < 1.29 is 37.9 Å². The second-order valence-corrected chi connectivity index (χ2v) is 14.5. The molecule has 0 spiro atoms. The first-order valence-corrected chi connectivity index (χ1v) is 21.0. The monoisotopic (exact) mass is 689 g/mol. The number of hydrogen-bond donors (Lipinski definition) is 2. The molecule has 0 aliphatic carbocycles. The molecule has 0 unspecified atom stereocenters. The van der Waals surface area contributed by atoms with E-state index in [2.05, 4.69) is 30.5 Å². The van der Waals surface area contributed by atoms with E-state index in [1.165, 1.54) is 122 Å². The third-order valence-corrected chi connectivity index (χ3v) is 9.02. The van der Waals surface area contributed by atoms with Crippen LogP contribution in [0.2, 0.25) is 0 Å². The molecule has 278 valence electrons. The molecule has 0 heterocycles. The highest BCUT2D eigenvalue weighted by atomic mass is 31.2. The van der Waals surface area contributed by atoms with Gasteiger partial charge in [0.05, 0.1) is 6.61 Å². The van der Waals surface area contributed by atoms with Crippen LogP contribution >= 0.6 is 7.82 Å². The van der Waals surface area contributed by atoms with Gasteiger partial charge in [-0.05, 0) is 38.5 Å². The number of carbonyl (C=O) groups excluding carboxylic acids is 2. The lowest BCUT2D eigenvalue weighted by Crippen LogP contribution is -2.29. The summed E-state index contributed by atoms with van der Waals surface area (Å²) in [4.78, 5) is 42.7. The molecule has 0 saturated carbocycles. The van der Waals surface area contributed by atoms with Crippen LogP contribution in [0.15, 0.2) is 12.2 Å². The van der Waals surface area contributed by atoms with Crippen molar-refractivity contribution >= 4 is 19.8 Å². The van der Waals surface area contributed by atoms with Crippen molar-refractivity contribution in [2.24, 2.45) is 0 Å². The molecule has 0 aromatic rings. The summed E-state index contributed by atoms with van der Waals surface area (Å²) in [6.45, 7) is 3.68. The van der Waals surface area contributed by atoms with Gasteiger partial charge < -0.3 is 19.3 Å². The molecule has 1 atom stereocenters. The Hall–Kier alpha value is -1.21. The van der Waals surface area contributed by atoms with Crippen LogP contribution in [-0.2, 0) is 28.2 Å². The van der Waals surface area contributed by atoms with Crippen molar-refractivity contribution in [3.63, 3.8) is 0 Å². The fourth-order valence-electron chi connectivity index (χ4n) is 5.60. The van der Waals surface area contributed by atoms with Gasteiger partial charge in [0.25, 0.3) is 0 Å². The number of phosphoric ester groups is 1. The first kappa shape index (κ1) is 45.8. The van der Waals surface area contributed by atoms with Gasteiger partial charge in [-0.2, -0.15) is 0 Å². The van der Waals surface area contributed by atoms with Gasteiger partial charge in [0.2, 0.25) is 0 Å². The lowest BCUT2D eigenvalue weighted by Gasteiger charge is -2.18.